The summed E-state index contributed by atoms with van der Waals surface area (Å²) in [7, 11) is 0. The number of nitrogens with one attached hydrogen (secondary N) is 1. The Bertz CT molecular complexity index is 481. The Morgan fingerprint density at radius 1 is 1.35 bits per heavy atom. The van der Waals surface area contributed by atoms with Crippen molar-refractivity contribution in [1.82, 2.24) is 9.97 Å². The molecule has 20 heavy (non-hydrogen) atoms. The number of amides is 1. The van der Waals surface area contributed by atoms with E-state index in [4.69, 9.17) is 9.84 Å². The van der Waals surface area contributed by atoms with Crippen molar-refractivity contribution in [2.75, 3.05) is 5.32 Å². The van der Waals surface area contributed by atoms with Crippen molar-refractivity contribution in [3.8, 4) is 0 Å². The van der Waals surface area contributed by atoms with Crippen LogP contribution in [0.15, 0.2) is 12.4 Å². The lowest BCUT2D eigenvalue weighted by atomic mass is 10.1. The van der Waals surface area contributed by atoms with Gasteiger partial charge in [0.25, 0.3) is 0 Å². The molecule has 0 saturated carbocycles. The Morgan fingerprint density at radius 3 is 2.35 bits per heavy atom. The summed E-state index contributed by atoms with van der Waals surface area (Å²) >= 11 is 0. The van der Waals surface area contributed by atoms with Gasteiger partial charge in [-0.1, -0.05) is 0 Å². The summed E-state index contributed by atoms with van der Waals surface area (Å²) in [5.41, 5.74) is -0.385. The van der Waals surface area contributed by atoms with Crippen LogP contribution in [0.4, 0.5) is 10.7 Å². The Labute approximate surface area is 115 Å². The number of aromatic nitrogens is 2. The van der Waals surface area contributed by atoms with Crippen LogP contribution in [0.5, 0.6) is 0 Å². The molecule has 0 aliphatic rings. The van der Waals surface area contributed by atoms with Crippen LogP contribution in [-0.4, -0.2) is 37.8 Å². The van der Waals surface area contributed by atoms with Crippen molar-refractivity contribution in [2.45, 2.75) is 38.9 Å². The Hall–Kier alpha value is -2.22. The van der Waals surface area contributed by atoms with Crippen LogP contribution in [0.1, 0.15) is 38.9 Å². The van der Waals surface area contributed by atoms with Gasteiger partial charge in [0.15, 0.2) is 0 Å². The number of hydrogen-bond acceptors (Lipinski definition) is 6. The van der Waals surface area contributed by atoms with Crippen molar-refractivity contribution in [1.29, 1.82) is 0 Å². The summed E-state index contributed by atoms with van der Waals surface area (Å²) in [5.74, 6) is -1.13. The standard InChI is InChI=1S/C12H17N3O5/c1-12(2,3)20-11(19)15-10-13-5-7(6-14-10)8(16)4-9(17)18/h5-6,8,16H,4H2,1-3H3,(H,17,18)(H,13,14,15,19). The number of anilines is 1. The maximum Gasteiger partial charge on any atom is 0.414 e. The number of hydrogen-bond donors (Lipinski definition) is 3. The lowest BCUT2D eigenvalue weighted by Gasteiger charge is -2.19. The normalized spacial score (nSPS) is 12.6. The second kappa shape index (κ2) is 6.29. The van der Waals surface area contributed by atoms with Crippen molar-refractivity contribution in [2.24, 2.45) is 0 Å². The van der Waals surface area contributed by atoms with E-state index in [1.807, 2.05) is 0 Å². The van der Waals surface area contributed by atoms with Crippen LogP contribution in [0.25, 0.3) is 0 Å². The Morgan fingerprint density at radius 2 is 1.90 bits per heavy atom. The van der Waals surface area contributed by atoms with E-state index in [0.717, 1.165) is 0 Å². The third-order valence-corrected chi connectivity index (χ3v) is 2.04. The maximum absolute atomic E-state index is 11.5. The van der Waals surface area contributed by atoms with Crippen LogP contribution < -0.4 is 5.32 Å². The number of aliphatic hydroxyl groups is 1. The molecular weight excluding hydrogens is 266 g/mol. The predicted molar refractivity (Wildman–Crippen MR) is 69.1 cm³/mol. The molecule has 1 unspecified atom stereocenters. The van der Waals surface area contributed by atoms with Crippen LogP contribution in [0.2, 0.25) is 0 Å². The minimum Gasteiger partial charge on any atom is -0.481 e. The van der Waals surface area contributed by atoms with Gasteiger partial charge in [-0.2, -0.15) is 0 Å². The summed E-state index contributed by atoms with van der Waals surface area (Å²) < 4.78 is 5.01. The van der Waals surface area contributed by atoms with E-state index in [1.165, 1.54) is 12.4 Å². The van der Waals surface area contributed by atoms with Crippen LogP contribution in [0.3, 0.4) is 0 Å². The fraction of sp³-hybridized carbons (Fsp3) is 0.500. The molecule has 0 bridgehead atoms. The Balaban J connectivity index is 2.63. The molecule has 8 heteroatoms. The van der Waals surface area contributed by atoms with Crippen molar-refractivity contribution >= 4 is 18.0 Å². The highest BCUT2D eigenvalue weighted by Gasteiger charge is 2.17. The first kappa shape index (κ1) is 15.8. The minimum absolute atomic E-state index is 0.00512. The molecule has 0 aliphatic carbocycles. The van der Waals surface area contributed by atoms with Gasteiger partial charge in [-0.25, -0.2) is 14.8 Å². The molecule has 0 fully saturated rings. The molecule has 0 saturated heterocycles. The molecule has 1 rings (SSSR count). The van der Waals surface area contributed by atoms with Crippen LogP contribution in [0, 0.1) is 0 Å². The number of aliphatic hydroxyl groups excluding tert-OH is 1. The van der Waals surface area contributed by atoms with Gasteiger partial charge >= 0.3 is 12.1 Å². The fourth-order valence-electron chi connectivity index (χ4n) is 1.25. The molecule has 0 radical (unpaired) electrons. The molecule has 3 N–H and O–H groups in total. The third kappa shape index (κ3) is 5.61. The summed E-state index contributed by atoms with van der Waals surface area (Å²) in [4.78, 5) is 29.5. The van der Waals surface area contributed by atoms with Gasteiger partial charge < -0.3 is 14.9 Å². The SMILES string of the molecule is CC(C)(C)OC(=O)Nc1ncc(C(O)CC(=O)O)cn1. The molecule has 1 amide bonds. The molecule has 1 aromatic rings. The van der Waals surface area contributed by atoms with Crippen LogP contribution in [-0.2, 0) is 9.53 Å². The van der Waals surface area contributed by atoms with Gasteiger partial charge in [0, 0.05) is 18.0 Å². The monoisotopic (exact) mass is 283 g/mol. The van der Waals surface area contributed by atoms with E-state index >= 15 is 0 Å². The molecule has 1 aromatic heterocycles. The molecule has 8 nitrogen and oxygen atoms in total. The molecule has 110 valence electrons. The first-order valence-corrected chi connectivity index (χ1v) is 5.89. The smallest absolute Gasteiger partial charge is 0.414 e. The van der Waals surface area contributed by atoms with Crippen molar-refractivity contribution in [3.63, 3.8) is 0 Å². The largest absolute Gasteiger partial charge is 0.481 e. The third-order valence-electron chi connectivity index (χ3n) is 2.04. The first-order valence-electron chi connectivity index (χ1n) is 5.89. The fourth-order valence-corrected chi connectivity index (χ4v) is 1.25. The summed E-state index contributed by atoms with van der Waals surface area (Å²) in [6.45, 7) is 5.16. The predicted octanol–water partition coefficient (Wildman–Crippen LogP) is 1.33. The van der Waals surface area contributed by atoms with E-state index in [-0.39, 0.29) is 11.5 Å². The van der Waals surface area contributed by atoms with Gasteiger partial charge in [0.1, 0.15) is 5.60 Å². The van der Waals surface area contributed by atoms with Crippen molar-refractivity contribution in [3.05, 3.63) is 18.0 Å². The van der Waals surface area contributed by atoms with Gasteiger partial charge in [-0.15, -0.1) is 0 Å². The summed E-state index contributed by atoms with van der Waals surface area (Å²) in [5, 5.41) is 20.4. The topological polar surface area (TPSA) is 122 Å². The van der Waals surface area contributed by atoms with E-state index in [9.17, 15) is 14.7 Å². The average Bonchev–Trinajstić information content (AvgIpc) is 2.26. The highest BCUT2D eigenvalue weighted by Crippen LogP contribution is 2.15. The van der Waals surface area contributed by atoms with Crippen LogP contribution >= 0.6 is 0 Å². The summed E-state index contributed by atoms with van der Waals surface area (Å²) in [6.07, 6.45) is 0.155. The molecule has 0 aromatic carbocycles. The number of carbonyl (C=O) groups excluding carboxylic acids is 1. The molecule has 0 aliphatic heterocycles. The Kier molecular flexibility index (Phi) is 4.98. The lowest BCUT2D eigenvalue weighted by molar-refractivity contribution is -0.139. The van der Waals surface area contributed by atoms with Gasteiger partial charge in [0.05, 0.1) is 12.5 Å². The number of rotatable bonds is 4. The molecule has 1 atom stereocenters. The quantitative estimate of drug-likeness (QED) is 0.761. The average molecular weight is 283 g/mol. The van der Waals surface area contributed by atoms with Crippen molar-refractivity contribution < 1.29 is 24.5 Å². The number of aliphatic carboxylic acids is 1. The molecular formula is C12H17N3O5. The molecule has 1 heterocycles. The summed E-state index contributed by atoms with van der Waals surface area (Å²) in [6, 6.07) is 0. The number of carboxylic acid groups (broad SMARTS) is 1. The second-order valence-corrected chi connectivity index (χ2v) is 5.08. The zero-order valence-electron chi connectivity index (χ0n) is 11.5. The molecule has 0 spiro atoms. The number of ether oxygens (including phenoxy) is 1. The number of carbonyl (C=O) groups is 2. The lowest BCUT2D eigenvalue weighted by Crippen LogP contribution is -2.27. The van der Waals surface area contributed by atoms with E-state index < -0.39 is 30.2 Å². The number of nitrogens with zero attached hydrogens (tertiary/aromatic N) is 2. The highest BCUT2D eigenvalue weighted by atomic mass is 16.6. The van der Waals surface area contributed by atoms with Gasteiger partial charge in [-0.3, -0.25) is 10.1 Å². The second-order valence-electron chi connectivity index (χ2n) is 5.08. The zero-order chi connectivity index (χ0) is 15.3. The maximum atomic E-state index is 11.5. The zero-order valence-corrected chi connectivity index (χ0v) is 11.5. The first-order chi connectivity index (χ1) is 9.17. The van der Waals surface area contributed by atoms with E-state index in [0.29, 0.717) is 0 Å². The minimum atomic E-state index is -1.19. The van der Waals surface area contributed by atoms with E-state index in [2.05, 4.69) is 15.3 Å². The van der Waals surface area contributed by atoms with Gasteiger partial charge in [0.2, 0.25) is 5.95 Å². The number of carboxylic acids is 1. The van der Waals surface area contributed by atoms with E-state index in [1.54, 1.807) is 20.8 Å². The van der Waals surface area contributed by atoms with Gasteiger partial charge in [-0.05, 0) is 20.8 Å². The highest BCUT2D eigenvalue weighted by molar-refractivity contribution is 5.82.